The monoisotopic (exact) mass is 306 g/mol. The normalized spacial score (nSPS) is 20.5. The van der Waals surface area contributed by atoms with Gasteiger partial charge in [0, 0.05) is 30.9 Å². The highest BCUT2D eigenvalue weighted by Crippen LogP contribution is 2.21. The smallest absolute Gasteiger partial charge is 0.243 e. The van der Waals surface area contributed by atoms with Crippen molar-refractivity contribution in [1.29, 1.82) is 0 Å². The summed E-state index contributed by atoms with van der Waals surface area (Å²) in [5.41, 5.74) is 0. The van der Waals surface area contributed by atoms with Crippen molar-refractivity contribution in [2.24, 2.45) is 5.92 Å². The zero-order valence-electron chi connectivity index (χ0n) is 11.8. The Morgan fingerprint density at radius 3 is 3.19 bits per heavy atom. The molecule has 112 valence electrons. The third-order valence-corrected chi connectivity index (χ3v) is 4.51. The second kappa shape index (κ2) is 6.31. The molecule has 0 radical (unpaired) electrons. The van der Waals surface area contributed by atoms with Crippen LogP contribution in [0.3, 0.4) is 0 Å². The lowest BCUT2D eigenvalue weighted by Crippen LogP contribution is -2.40. The first kappa shape index (κ1) is 14.2. The van der Waals surface area contributed by atoms with Crippen LogP contribution in [0.2, 0.25) is 0 Å². The number of hydrogen-bond acceptors (Lipinski definition) is 6. The van der Waals surface area contributed by atoms with Gasteiger partial charge in [-0.3, -0.25) is 14.4 Å². The molecule has 0 aliphatic carbocycles. The second-order valence-electron chi connectivity index (χ2n) is 5.28. The number of nitrogens with zero attached hydrogens (tertiary/aromatic N) is 5. The van der Waals surface area contributed by atoms with E-state index in [0.717, 1.165) is 26.1 Å². The zero-order valence-corrected chi connectivity index (χ0v) is 12.7. The van der Waals surface area contributed by atoms with Crippen molar-refractivity contribution in [2.45, 2.75) is 25.9 Å². The van der Waals surface area contributed by atoms with Crippen LogP contribution in [0.4, 0.5) is 5.13 Å². The van der Waals surface area contributed by atoms with Gasteiger partial charge in [-0.25, -0.2) is 4.98 Å². The van der Waals surface area contributed by atoms with Gasteiger partial charge in [0.05, 0.1) is 12.2 Å². The van der Waals surface area contributed by atoms with Crippen molar-refractivity contribution in [3.8, 4) is 0 Å². The van der Waals surface area contributed by atoms with Gasteiger partial charge in [-0.2, -0.15) is 0 Å². The first-order valence-electron chi connectivity index (χ1n) is 7.01. The van der Waals surface area contributed by atoms with Crippen molar-refractivity contribution in [2.75, 3.05) is 18.4 Å². The third kappa shape index (κ3) is 3.45. The van der Waals surface area contributed by atoms with Gasteiger partial charge in [-0.05, 0) is 25.8 Å². The van der Waals surface area contributed by atoms with Crippen molar-refractivity contribution >= 4 is 22.4 Å². The van der Waals surface area contributed by atoms with Gasteiger partial charge in [-0.15, -0.1) is 16.4 Å². The van der Waals surface area contributed by atoms with E-state index < -0.39 is 0 Å². The number of thiazole rings is 1. The van der Waals surface area contributed by atoms with E-state index >= 15 is 0 Å². The van der Waals surface area contributed by atoms with Crippen LogP contribution in [-0.4, -0.2) is 49.9 Å². The number of amides is 1. The lowest BCUT2D eigenvalue weighted by molar-refractivity contribution is -0.120. The highest BCUT2D eigenvalue weighted by molar-refractivity contribution is 7.13. The van der Waals surface area contributed by atoms with Crippen LogP contribution in [-0.2, 0) is 11.3 Å². The maximum absolute atomic E-state index is 12.2. The molecule has 0 saturated carbocycles. The summed E-state index contributed by atoms with van der Waals surface area (Å²) >= 11 is 1.43. The van der Waals surface area contributed by atoms with E-state index in [9.17, 15) is 4.79 Å². The molecule has 2 aromatic heterocycles. The molecular formula is C13H18N6OS. The van der Waals surface area contributed by atoms with Crippen molar-refractivity contribution in [3.05, 3.63) is 24.0 Å². The quantitative estimate of drug-likeness (QED) is 0.894. The molecule has 1 aliphatic heterocycles. The molecule has 1 N–H and O–H groups in total. The largest absolute Gasteiger partial charge is 0.301 e. The number of likely N-dealkylation sites (tertiary alicyclic amines) is 1. The fourth-order valence-electron chi connectivity index (χ4n) is 2.62. The molecule has 2 atom stereocenters. The lowest BCUT2D eigenvalue weighted by Gasteiger charge is -2.23. The summed E-state index contributed by atoms with van der Waals surface area (Å²) in [6.45, 7) is 4.65. The minimum absolute atomic E-state index is 0.00589. The average molecular weight is 306 g/mol. The van der Waals surface area contributed by atoms with Gasteiger partial charge in [0.25, 0.3) is 0 Å². The maximum Gasteiger partial charge on any atom is 0.243 e. The van der Waals surface area contributed by atoms with E-state index in [1.54, 1.807) is 12.4 Å². The van der Waals surface area contributed by atoms with Gasteiger partial charge in [0.2, 0.25) is 5.91 Å². The molecule has 0 spiro atoms. The minimum Gasteiger partial charge on any atom is -0.301 e. The average Bonchev–Trinajstić information content (AvgIpc) is 3.20. The van der Waals surface area contributed by atoms with E-state index in [-0.39, 0.29) is 11.9 Å². The Labute approximate surface area is 127 Å². The molecule has 0 aromatic carbocycles. The summed E-state index contributed by atoms with van der Waals surface area (Å²) in [4.78, 5) is 18.5. The first-order valence-corrected chi connectivity index (χ1v) is 7.89. The predicted octanol–water partition coefficient (Wildman–Crippen LogP) is 1.08. The Balaban J connectivity index is 1.51. The van der Waals surface area contributed by atoms with Gasteiger partial charge in [-0.1, -0.05) is 5.21 Å². The SMILES string of the molecule is CC(C(=O)Nc1nccs1)N1CCC(Cn2ccnn2)C1. The van der Waals surface area contributed by atoms with Crippen LogP contribution in [0, 0.1) is 5.92 Å². The molecule has 1 fully saturated rings. The summed E-state index contributed by atoms with van der Waals surface area (Å²) in [7, 11) is 0. The third-order valence-electron chi connectivity index (χ3n) is 3.82. The number of anilines is 1. The van der Waals surface area contributed by atoms with Gasteiger partial charge in [0.1, 0.15) is 0 Å². The van der Waals surface area contributed by atoms with Crippen LogP contribution in [0.5, 0.6) is 0 Å². The first-order chi connectivity index (χ1) is 10.2. The van der Waals surface area contributed by atoms with Crippen LogP contribution in [0.15, 0.2) is 24.0 Å². The van der Waals surface area contributed by atoms with E-state index in [1.165, 1.54) is 11.3 Å². The minimum atomic E-state index is -0.144. The van der Waals surface area contributed by atoms with E-state index in [1.807, 2.05) is 23.2 Å². The molecule has 2 unspecified atom stereocenters. The zero-order chi connectivity index (χ0) is 14.7. The predicted molar refractivity (Wildman–Crippen MR) is 79.9 cm³/mol. The number of carbonyl (C=O) groups is 1. The van der Waals surface area contributed by atoms with Crippen LogP contribution in [0.25, 0.3) is 0 Å². The van der Waals surface area contributed by atoms with Gasteiger partial charge < -0.3 is 5.32 Å². The number of aromatic nitrogens is 4. The van der Waals surface area contributed by atoms with E-state index in [0.29, 0.717) is 11.0 Å². The Bertz CT molecular complexity index is 570. The number of nitrogens with one attached hydrogen (secondary N) is 1. The van der Waals surface area contributed by atoms with Crippen LogP contribution < -0.4 is 5.32 Å². The van der Waals surface area contributed by atoms with Gasteiger partial charge in [0.15, 0.2) is 5.13 Å². The van der Waals surface area contributed by atoms with Crippen molar-refractivity contribution < 1.29 is 4.79 Å². The fraction of sp³-hybridized carbons (Fsp3) is 0.538. The highest BCUT2D eigenvalue weighted by atomic mass is 32.1. The molecular weight excluding hydrogens is 288 g/mol. The molecule has 3 rings (SSSR count). The van der Waals surface area contributed by atoms with Crippen molar-refractivity contribution in [3.63, 3.8) is 0 Å². The van der Waals surface area contributed by atoms with Gasteiger partial charge >= 0.3 is 0 Å². The molecule has 21 heavy (non-hydrogen) atoms. The number of hydrogen-bond donors (Lipinski definition) is 1. The Morgan fingerprint density at radius 1 is 1.57 bits per heavy atom. The fourth-order valence-corrected chi connectivity index (χ4v) is 3.15. The molecule has 2 aromatic rings. The summed E-state index contributed by atoms with van der Waals surface area (Å²) in [6, 6.07) is -0.144. The van der Waals surface area contributed by atoms with Crippen molar-refractivity contribution in [1.82, 2.24) is 24.9 Å². The van der Waals surface area contributed by atoms with E-state index in [4.69, 9.17) is 0 Å². The number of rotatable bonds is 5. The second-order valence-corrected chi connectivity index (χ2v) is 6.17. The molecule has 1 aliphatic rings. The molecule has 3 heterocycles. The number of carbonyl (C=O) groups excluding carboxylic acids is 1. The summed E-state index contributed by atoms with van der Waals surface area (Å²) in [6.07, 6.45) is 6.34. The van der Waals surface area contributed by atoms with E-state index in [2.05, 4.69) is 25.5 Å². The molecule has 7 nitrogen and oxygen atoms in total. The molecule has 1 saturated heterocycles. The summed E-state index contributed by atoms with van der Waals surface area (Å²) in [5.74, 6) is 0.521. The summed E-state index contributed by atoms with van der Waals surface area (Å²) in [5, 5.41) is 13.2. The highest BCUT2D eigenvalue weighted by Gasteiger charge is 2.30. The maximum atomic E-state index is 12.2. The molecule has 0 bridgehead atoms. The Kier molecular flexibility index (Phi) is 4.26. The molecule has 8 heteroatoms. The standard InChI is InChI=1S/C13H18N6OS/c1-10(12(20)16-13-14-4-7-21-13)18-5-2-11(8-18)9-19-6-3-15-17-19/h3-4,6-7,10-11H,2,5,8-9H2,1H3,(H,14,16,20). The summed E-state index contributed by atoms with van der Waals surface area (Å²) < 4.78 is 1.86. The molecule has 1 amide bonds. The van der Waals surface area contributed by atoms with Crippen LogP contribution >= 0.6 is 11.3 Å². The Hall–Kier alpha value is -1.80. The van der Waals surface area contributed by atoms with Crippen LogP contribution in [0.1, 0.15) is 13.3 Å². The topological polar surface area (TPSA) is 75.9 Å². The Morgan fingerprint density at radius 2 is 2.48 bits per heavy atom. The lowest BCUT2D eigenvalue weighted by atomic mass is 10.1.